The third kappa shape index (κ3) is 4.30. The topological polar surface area (TPSA) is 58.2 Å². The highest BCUT2D eigenvalue weighted by molar-refractivity contribution is 5.96. The van der Waals surface area contributed by atoms with Crippen molar-refractivity contribution >= 4 is 17.4 Å². The second-order valence-electron chi connectivity index (χ2n) is 4.30. The van der Waals surface area contributed by atoms with Crippen molar-refractivity contribution < 1.29 is 9.59 Å². The van der Waals surface area contributed by atoms with Crippen LogP contribution in [0.2, 0.25) is 0 Å². The number of amides is 1. The highest BCUT2D eigenvalue weighted by atomic mass is 16.2. The van der Waals surface area contributed by atoms with Crippen molar-refractivity contribution in [3.05, 3.63) is 29.8 Å². The fourth-order valence-electron chi connectivity index (χ4n) is 1.49. The van der Waals surface area contributed by atoms with Gasteiger partial charge in [-0.25, -0.2) is 0 Å². The molecule has 98 valence electrons. The van der Waals surface area contributed by atoms with Crippen LogP contribution in [0.15, 0.2) is 24.3 Å². The molecular formula is C14H20N2O2. The van der Waals surface area contributed by atoms with Gasteiger partial charge in [-0.05, 0) is 51.1 Å². The van der Waals surface area contributed by atoms with Crippen molar-refractivity contribution in [1.82, 2.24) is 5.32 Å². The van der Waals surface area contributed by atoms with E-state index in [9.17, 15) is 9.59 Å². The second-order valence-corrected chi connectivity index (χ2v) is 4.30. The van der Waals surface area contributed by atoms with Gasteiger partial charge in [-0.2, -0.15) is 0 Å². The summed E-state index contributed by atoms with van der Waals surface area (Å²) in [5.74, 6) is -0.0510. The Bertz CT molecular complexity index is 412. The largest absolute Gasteiger partial charge is 0.325 e. The minimum atomic E-state index is -0.225. The van der Waals surface area contributed by atoms with Crippen LogP contribution in [0.5, 0.6) is 0 Å². The molecule has 1 aromatic rings. The quantitative estimate of drug-likeness (QED) is 0.759. The van der Waals surface area contributed by atoms with E-state index in [1.807, 2.05) is 6.92 Å². The van der Waals surface area contributed by atoms with Gasteiger partial charge in [0.15, 0.2) is 5.78 Å². The molecule has 0 saturated carbocycles. The zero-order valence-corrected chi connectivity index (χ0v) is 11.1. The summed E-state index contributed by atoms with van der Waals surface area (Å²) in [7, 11) is 0. The normalized spacial score (nSPS) is 11.9. The first-order chi connectivity index (χ1) is 8.54. The Morgan fingerprint density at radius 2 is 1.83 bits per heavy atom. The van der Waals surface area contributed by atoms with Crippen LogP contribution in [0.4, 0.5) is 5.69 Å². The van der Waals surface area contributed by atoms with Gasteiger partial charge in [0, 0.05) is 11.3 Å². The molecule has 0 heterocycles. The second kappa shape index (κ2) is 6.91. The van der Waals surface area contributed by atoms with Crippen LogP contribution in [0.3, 0.4) is 0 Å². The maximum Gasteiger partial charge on any atom is 0.241 e. The number of carbonyl (C=O) groups is 2. The number of carbonyl (C=O) groups excluding carboxylic acids is 2. The van der Waals surface area contributed by atoms with E-state index in [4.69, 9.17) is 0 Å². The molecule has 1 aromatic carbocycles. The van der Waals surface area contributed by atoms with E-state index >= 15 is 0 Å². The van der Waals surface area contributed by atoms with E-state index in [2.05, 4.69) is 17.6 Å². The Hall–Kier alpha value is -1.68. The van der Waals surface area contributed by atoms with Crippen LogP contribution in [0, 0.1) is 0 Å². The molecule has 18 heavy (non-hydrogen) atoms. The average Bonchev–Trinajstić information content (AvgIpc) is 2.36. The summed E-state index contributed by atoms with van der Waals surface area (Å²) in [5.41, 5.74) is 1.35. The molecule has 0 aliphatic rings. The molecule has 0 unspecified atom stereocenters. The Labute approximate surface area is 108 Å². The van der Waals surface area contributed by atoms with E-state index in [0.29, 0.717) is 11.3 Å². The molecule has 1 rings (SSSR count). The lowest BCUT2D eigenvalue weighted by molar-refractivity contribution is -0.117. The van der Waals surface area contributed by atoms with E-state index in [1.165, 1.54) is 6.92 Å². The highest BCUT2D eigenvalue weighted by Gasteiger charge is 2.11. The number of hydrogen-bond donors (Lipinski definition) is 2. The summed E-state index contributed by atoms with van der Waals surface area (Å²) in [5, 5.41) is 5.92. The van der Waals surface area contributed by atoms with E-state index in [0.717, 1.165) is 13.0 Å². The lowest BCUT2D eigenvalue weighted by atomic mass is 10.1. The molecule has 0 aromatic heterocycles. The monoisotopic (exact) mass is 248 g/mol. The van der Waals surface area contributed by atoms with Crippen LogP contribution in [0.25, 0.3) is 0 Å². The molecule has 0 bridgehead atoms. The first kappa shape index (κ1) is 14.4. The SMILES string of the molecule is CCCN[C@H](C)C(=O)Nc1ccc(C(C)=O)cc1. The molecule has 0 aliphatic carbocycles. The molecule has 2 N–H and O–H groups in total. The summed E-state index contributed by atoms with van der Waals surface area (Å²) in [6.45, 7) is 6.22. The standard InChI is InChI=1S/C14H20N2O2/c1-4-9-15-10(2)14(18)16-13-7-5-12(6-8-13)11(3)17/h5-8,10,15H,4,9H2,1-3H3,(H,16,18)/t10-/m1/s1. The Kier molecular flexibility index (Phi) is 5.52. The van der Waals surface area contributed by atoms with Crippen LogP contribution in [-0.2, 0) is 4.79 Å². The summed E-state index contributed by atoms with van der Waals surface area (Å²) >= 11 is 0. The molecule has 0 aliphatic heterocycles. The predicted molar refractivity (Wildman–Crippen MR) is 72.8 cm³/mol. The zero-order valence-electron chi connectivity index (χ0n) is 11.1. The number of hydrogen-bond acceptors (Lipinski definition) is 3. The summed E-state index contributed by atoms with van der Waals surface area (Å²) < 4.78 is 0. The first-order valence-electron chi connectivity index (χ1n) is 6.19. The smallest absolute Gasteiger partial charge is 0.241 e. The van der Waals surface area contributed by atoms with E-state index in [-0.39, 0.29) is 17.7 Å². The summed E-state index contributed by atoms with van der Waals surface area (Å²) in [4.78, 5) is 22.9. The maximum atomic E-state index is 11.8. The van der Waals surface area contributed by atoms with Gasteiger partial charge in [-0.1, -0.05) is 6.92 Å². The molecule has 1 amide bonds. The Morgan fingerprint density at radius 3 is 2.33 bits per heavy atom. The van der Waals surface area contributed by atoms with Gasteiger partial charge in [-0.3, -0.25) is 9.59 Å². The molecule has 0 fully saturated rings. The molecule has 1 atom stereocenters. The number of anilines is 1. The number of nitrogens with one attached hydrogen (secondary N) is 2. The number of Topliss-reactive ketones (excluding diaryl/α,β-unsaturated/α-hetero) is 1. The van der Waals surface area contributed by atoms with Gasteiger partial charge in [0.25, 0.3) is 0 Å². The fraction of sp³-hybridized carbons (Fsp3) is 0.429. The molecule has 4 nitrogen and oxygen atoms in total. The van der Waals surface area contributed by atoms with Crippen molar-refractivity contribution in [3.63, 3.8) is 0 Å². The molecular weight excluding hydrogens is 228 g/mol. The molecule has 0 spiro atoms. The minimum absolute atomic E-state index is 0.0193. The highest BCUT2D eigenvalue weighted by Crippen LogP contribution is 2.10. The van der Waals surface area contributed by atoms with Gasteiger partial charge in [0.05, 0.1) is 6.04 Å². The van der Waals surface area contributed by atoms with Crippen molar-refractivity contribution in [2.24, 2.45) is 0 Å². The van der Waals surface area contributed by atoms with Crippen LogP contribution in [-0.4, -0.2) is 24.3 Å². The molecule has 0 radical (unpaired) electrons. The van der Waals surface area contributed by atoms with Gasteiger partial charge in [0.1, 0.15) is 0 Å². The number of ketones is 1. The zero-order chi connectivity index (χ0) is 13.5. The summed E-state index contributed by atoms with van der Waals surface area (Å²) in [6, 6.07) is 6.67. The Morgan fingerprint density at radius 1 is 1.22 bits per heavy atom. The third-order valence-corrected chi connectivity index (χ3v) is 2.65. The van der Waals surface area contributed by atoms with Crippen LogP contribution in [0.1, 0.15) is 37.6 Å². The van der Waals surface area contributed by atoms with Crippen molar-refractivity contribution in [2.45, 2.75) is 33.2 Å². The van der Waals surface area contributed by atoms with E-state index < -0.39 is 0 Å². The average molecular weight is 248 g/mol. The minimum Gasteiger partial charge on any atom is -0.325 e. The van der Waals surface area contributed by atoms with E-state index in [1.54, 1.807) is 24.3 Å². The van der Waals surface area contributed by atoms with Gasteiger partial charge < -0.3 is 10.6 Å². The van der Waals surface area contributed by atoms with Crippen molar-refractivity contribution in [2.75, 3.05) is 11.9 Å². The lowest BCUT2D eigenvalue weighted by Crippen LogP contribution is -2.38. The van der Waals surface area contributed by atoms with Crippen LogP contribution >= 0.6 is 0 Å². The van der Waals surface area contributed by atoms with Gasteiger partial charge in [0.2, 0.25) is 5.91 Å². The third-order valence-electron chi connectivity index (χ3n) is 2.65. The predicted octanol–water partition coefficient (Wildman–Crippen LogP) is 2.22. The fourth-order valence-corrected chi connectivity index (χ4v) is 1.49. The summed E-state index contributed by atoms with van der Waals surface area (Å²) in [6.07, 6.45) is 0.991. The number of rotatable bonds is 6. The van der Waals surface area contributed by atoms with Crippen LogP contribution < -0.4 is 10.6 Å². The van der Waals surface area contributed by atoms with Crippen molar-refractivity contribution in [3.8, 4) is 0 Å². The van der Waals surface area contributed by atoms with Crippen molar-refractivity contribution in [1.29, 1.82) is 0 Å². The number of benzene rings is 1. The lowest BCUT2D eigenvalue weighted by Gasteiger charge is -2.13. The molecule has 4 heteroatoms. The maximum absolute atomic E-state index is 11.8. The molecule has 0 saturated heterocycles. The first-order valence-corrected chi connectivity index (χ1v) is 6.19. The Balaban J connectivity index is 2.56. The van der Waals surface area contributed by atoms with Gasteiger partial charge in [-0.15, -0.1) is 0 Å². The van der Waals surface area contributed by atoms with Gasteiger partial charge >= 0.3 is 0 Å².